The van der Waals surface area contributed by atoms with Crippen molar-refractivity contribution in [2.75, 3.05) is 25.3 Å². The van der Waals surface area contributed by atoms with Crippen LogP contribution in [0.3, 0.4) is 0 Å². The van der Waals surface area contributed by atoms with Crippen molar-refractivity contribution in [1.82, 2.24) is 14.6 Å². The Morgan fingerprint density at radius 2 is 1.70 bits per heavy atom. The third kappa shape index (κ3) is 4.38. The fourth-order valence-corrected chi connectivity index (χ4v) is 3.69. The number of thioether (sulfide) groups is 1. The maximum absolute atomic E-state index is 12.3. The minimum Gasteiger partial charge on any atom is -0.497 e. The fraction of sp³-hybridized carbons (Fsp3) is 0.136. The molecule has 0 spiro atoms. The average molecular weight is 420 g/mol. The first-order valence-corrected chi connectivity index (χ1v) is 10.2. The van der Waals surface area contributed by atoms with E-state index in [-0.39, 0.29) is 11.7 Å². The largest absolute Gasteiger partial charge is 0.497 e. The van der Waals surface area contributed by atoms with Crippen molar-refractivity contribution in [1.29, 1.82) is 0 Å². The van der Waals surface area contributed by atoms with Crippen molar-refractivity contribution in [3.8, 4) is 22.8 Å². The molecule has 0 saturated carbocycles. The van der Waals surface area contributed by atoms with Crippen molar-refractivity contribution < 1.29 is 14.3 Å². The minimum absolute atomic E-state index is 0.108. The van der Waals surface area contributed by atoms with Crippen LogP contribution in [0.2, 0.25) is 0 Å². The number of rotatable bonds is 7. The number of nitrogens with one attached hydrogen (secondary N) is 1. The van der Waals surface area contributed by atoms with E-state index in [9.17, 15) is 4.79 Å². The zero-order chi connectivity index (χ0) is 20.9. The first-order valence-electron chi connectivity index (χ1n) is 9.22. The Kier molecular flexibility index (Phi) is 5.85. The number of hydrogen-bond acceptors (Lipinski definition) is 6. The Bertz CT molecular complexity index is 1160. The number of fused-ring (bicyclic) bond motifs is 1. The van der Waals surface area contributed by atoms with Crippen molar-refractivity contribution >= 4 is 28.9 Å². The molecule has 30 heavy (non-hydrogen) atoms. The van der Waals surface area contributed by atoms with Crippen LogP contribution in [0.4, 0.5) is 5.69 Å². The van der Waals surface area contributed by atoms with Gasteiger partial charge in [-0.1, -0.05) is 11.8 Å². The molecule has 0 unspecified atom stereocenters. The minimum atomic E-state index is -0.108. The van der Waals surface area contributed by atoms with E-state index in [2.05, 4.69) is 15.4 Å². The standard InChI is InChI=1S/C22H20N4O3S/c1-28-17-7-3-15(4-8-17)19-13-20-22(23-11-12-26(20)25-19)30-14-21(27)24-16-5-9-18(29-2)10-6-16/h3-13H,14H2,1-2H3,(H,24,27). The smallest absolute Gasteiger partial charge is 0.234 e. The summed E-state index contributed by atoms with van der Waals surface area (Å²) in [6, 6.07) is 16.9. The van der Waals surface area contributed by atoms with Crippen LogP contribution in [0.25, 0.3) is 16.8 Å². The number of carbonyl (C=O) groups excluding carboxylic acids is 1. The second-order valence-corrected chi connectivity index (χ2v) is 7.35. The molecule has 0 bridgehead atoms. The normalized spacial score (nSPS) is 10.7. The molecule has 2 aromatic heterocycles. The lowest BCUT2D eigenvalue weighted by atomic mass is 10.1. The van der Waals surface area contributed by atoms with Gasteiger partial charge >= 0.3 is 0 Å². The summed E-state index contributed by atoms with van der Waals surface area (Å²) in [4.78, 5) is 16.8. The van der Waals surface area contributed by atoms with Gasteiger partial charge in [0.1, 0.15) is 16.5 Å². The Balaban J connectivity index is 1.47. The van der Waals surface area contributed by atoms with Crippen LogP contribution in [-0.4, -0.2) is 40.5 Å². The number of benzene rings is 2. The molecule has 2 heterocycles. The number of ether oxygens (including phenoxy) is 2. The molecule has 152 valence electrons. The highest BCUT2D eigenvalue weighted by Gasteiger charge is 2.12. The van der Waals surface area contributed by atoms with E-state index >= 15 is 0 Å². The highest BCUT2D eigenvalue weighted by Crippen LogP contribution is 2.27. The molecule has 0 aliphatic heterocycles. The second kappa shape index (κ2) is 8.87. The Morgan fingerprint density at radius 3 is 2.37 bits per heavy atom. The van der Waals surface area contributed by atoms with E-state index in [1.165, 1.54) is 11.8 Å². The summed E-state index contributed by atoms with van der Waals surface area (Å²) in [6.45, 7) is 0. The third-order valence-electron chi connectivity index (χ3n) is 4.45. The SMILES string of the molecule is COc1ccc(NC(=O)CSc2nccn3nc(-c4ccc(OC)cc4)cc23)cc1. The number of hydrogen-bond donors (Lipinski definition) is 1. The fourth-order valence-electron chi connectivity index (χ4n) is 2.92. The van der Waals surface area contributed by atoms with Crippen LogP contribution < -0.4 is 14.8 Å². The zero-order valence-electron chi connectivity index (χ0n) is 16.5. The molecule has 0 radical (unpaired) electrons. The first-order chi connectivity index (χ1) is 14.7. The number of carbonyl (C=O) groups is 1. The predicted octanol–water partition coefficient (Wildman–Crippen LogP) is 4.14. The van der Waals surface area contributed by atoms with Crippen LogP contribution in [-0.2, 0) is 4.79 Å². The van der Waals surface area contributed by atoms with Gasteiger partial charge in [-0.05, 0) is 54.6 Å². The van der Waals surface area contributed by atoms with E-state index in [4.69, 9.17) is 9.47 Å². The molecule has 4 rings (SSSR count). The van der Waals surface area contributed by atoms with Gasteiger partial charge in [-0.25, -0.2) is 9.50 Å². The van der Waals surface area contributed by atoms with Gasteiger partial charge in [-0.3, -0.25) is 4.79 Å². The molecule has 7 nitrogen and oxygen atoms in total. The Labute approximate surface area is 178 Å². The Morgan fingerprint density at radius 1 is 1.03 bits per heavy atom. The molecule has 1 amide bonds. The van der Waals surface area contributed by atoms with Gasteiger partial charge in [-0.15, -0.1) is 0 Å². The predicted molar refractivity (Wildman–Crippen MR) is 117 cm³/mol. The molecule has 2 aromatic carbocycles. The Hall–Kier alpha value is -3.52. The third-order valence-corrected chi connectivity index (χ3v) is 5.45. The van der Waals surface area contributed by atoms with E-state index in [0.29, 0.717) is 0 Å². The number of aromatic nitrogens is 3. The molecular formula is C22H20N4O3S. The van der Waals surface area contributed by atoms with Crippen LogP contribution in [0.1, 0.15) is 0 Å². The lowest BCUT2D eigenvalue weighted by molar-refractivity contribution is -0.113. The van der Waals surface area contributed by atoms with Gasteiger partial charge in [0.05, 0.1) is 31.2 Å². The quantitative estimate of drug-likeness (QED) is 0.453. The molecule has 0 aliphatic carbocycles. The van der Waals surface area contributed by atoms with Gasteiger partial charge in [0.15, 0.2) is 0 Å². The summed E-state index contributed by atoms with van der Waals surface area (Å²) in [5.41, 5.74) is 3.38. The molecule has 0 atom stereocenters. The summed E-state index contributed by atoms with van der Waals surface area (Å²) in [7, 11) is 3.24. The van der Waals surface area contributed by atoms with Crippen LogP contribution >= 0.6 is 11.8 Å². The van der Waals surface area contributed by atoms with Crippen LogP contribution in [0.5, 0.6) is 11.5 Å². The summed E-state index contributed by atoms with van der Waals surface area (Å²) in [6.07, 6.45) is 3.48. The molecular weight excluding hydrogens is 400 g/mol. The van der Waals surface area contributed by atoms with E-state index < -0.39 is 0 Å². The topological polar surface area (TPSA) is 77.8 Å². The number of methoxy groups -OCH3 is 2. The molecule has 0 fully saturated rings. The second-order valence-electron chi connectivity index (χ2n) is 6.39. The summed E-state index contributed by atoms with van der Waals surface area (Å²) in [5.74, 6) is 1.67. The lowest BCUT2D eigenvalue weighted by Crippen LogP contribution is -2.14. The van der Waals surface area contributed by atoms with E-state index in [0.717, 1.165) is 39.0 Å². The van der Waals surface area contributed by atoms with Crippen molar-refractivity contribution in [3.63, 3.8) is 0 Å². The first kappa shape index (κ1) is 19.8. The van der Waals surface area contributed by atoms with Gasteiger partial charge in [-0.2, -0.15) is 5.10 Å². The monoisotopic (exact) mass is 420 g/mol. The van der Waals surface area contributed by atoms with E-state index in [1.54, 1.807) is 55.4 Å². The molecule has 0 aliphatic rings. The molecule has 0 saturated heterocycles. The number of amides is 1. The molecule has 8 heteroatoms. The van der Waals surface area contributed by atoms with Gasteiger partial charge in [0, 0.05) is 23.6 Å². The molecule has 4 aromatic rings. The highest BCUT2D eigenvalue weighted by molar-refractivity contribution is 8.00. The van der Waals surface area contributed by atoms with Gasteiger partial charge in [0.25, 0.3) is 0 Å². The highest BCUT2D eigenvalue weighted by atomic mass is 32.2. The maximum atomic E-state index is 12.3. The zero-order valence-corrected chi connectivity index (χ0v) is 17.3. The van der Waals surface area contributed by atoms with Gasteiger partial charge < -0.3 is 14.8 Å². The summed E-state index contributed by atoms with van der Waals surface area (Å²) < 4.78 is 12.1. The van der Waals surface area contributed by atoms with Crippen molar-refractivity contribution in [3.05, 3.63) is 67.0 Å². The van der Waals surface area contributed by atoms with Gasteiger partial charge in [0.2, 0.25) is 5.91 Å². The number of anilines is 1. The van der Waals surface area contributed by atoms with Crippen LogP contribution in [0.15, 0.2) is 72.0 Å². The van der Waals surface area contributed by atoms with Crippen molar-refractivity contribution in [2.24, 2.45) is 0 Å². The van der Waals surface area contributed by atoms with Crippen molar-refractivity contribution in [2.45, 2.75) is 5.03 Å². The van der Waals surface area contributed by atoms with Crippen LogP contribution in [0, 0.1) is 0 Å². The number of nitrogens with zero attached hydrogens (tertiary/aromatic N) is 3. The summed E-state index contributed by atoms with van der Waals surface area (Å²) in [5, 5.41) is 8.24. The van der Waals surface area contributed by atoms with E-state index in [1.807, 2.05) is 30.3 Å². The summed E-state index contributed by atoms with van der Waals surface area (Å²) >= 11 is 1.37. The average Bonchev–Trinajstić information content (AvgIpc) is 3.23. The maximum Gasteiger partial charge on any atom is 0.234 e. The lowest BCUT2D eigenvalue weighted by Gasteiger charge is -2.06. The molecule has 1 N–H and O–H groups in total.